The third-order valence-electron chi connectivity index (χ3n) is 4.30. The van der Waals surface area contributed by atoms with Crippen molar-refractivity contribution in [2.75, 3.05) is 23.3 Å². The van der Waals surface area contributed by atoms with Crippen molar-refractivity contribution in [3.8, 4) is 12.3 Å². The van der Waals surface area contributed by atoms with Crippen LogP contribution in [0.3, 0.4) is 0 Å². The van der Waals surface area contributed by atoms with Crippen molar-refractivity contribution in [2.45, 2.75) is 19.4 Å². The molecule has 0 radical (unpaired) electrons. The van der Waals surface area contributed by atoms with Gasteiger partial charge in [0.05, 0.1) is 6.54 Å². The van der Waals surface area contributed by atoms with Gasteiger partial charge in [-0.3, -0.25) is 9.59 Å². The molecule has 0 saturated heterocycles. The van der Waals surface area contributed by atoms with E-state index in [1.807, 2.05) is 24.3 Å². The third kappa shape index (κ3) is 4.42. The van der Waals surface area contributed by atoms with Crippen molar-refractivity contribution in [2.24, 2.45) is 0 Å². The Balaban J connectivity index is 1.54. The number of hydrogen-bond donors (Lipinski definition) is 2. The van der Waals surface area contributed by atoms with Crippen molar-refractivity contribution >= 4 is 23.2 Å². The van der Waals surface area contributed by atoms with E-state index in [0.717, 1.165) is 19.5 Å². The topological polar surface area (TPSA) is 61.4 Å². The fourth-order valence-electron chi connectivity index (χ4n) is 3.05. The maximum Gasteiger partial charge on any atom is 0.233 e. The monoisotopic (exact) mass is 347 g/mol. The summed E-state index contributed by atoms with van der Waals surface area (Å²) >= 11 is 0. The first-order valence-electron chi connectivity index (χ1n) is 8.57. The molecule has 2 N–H and O–H groups in total. The van der Waals surface area contributed by atoms with Crippen LogP contribution in [0, 0.1) is 12.3 Å². The number of fused-ring (bicyclic) bond motifs is 1. The highest BCUT2D eigenvalue weighted by Crippen LogP contribution is 2.28. The summed E-state index contributed by atoms with van der Waals surface area (Å²) < 4.78 is 0. The molecule has 1 heterocycles. The lowest BCUT2D eigenvalue weighted by atomic mass is 10.1. The summed E-state index contributed by atoms with van der Waals surface area (Å²) in [7, 11) is 0. The number of carbonyl (C=O) groups is 2. The zero-order valence-electron chi connectivity index (χ0n) is 14.5. The lowest BCUT2D eigenvalue weighted by molar-refractivity contribution is -0.126. The molecule has 0 bridgehead atoms. The minimum Gasteiger partial charge on any atom is -0.367 e. The van der Waals surface area contributed by atoms with E-state index in [2.05, 4.69) is 45.7 Å². The Labute approximate surface area is 153 Å². The molecule has 26 heavy (non-hydrogen) atoms. The summed E-state index contributed by atoms with van der Waals surface area (Å²) in [5, 5.41) is 5.19. The minimum absolute atomic E-state index is 0.125. The smallest absolute Gasteiger partial charge is 0.233 e. The fraction of sp³-hybridized carbons (Fsp3) is 0.238. The number of nitrogens with one attached hydrogen (secondary N) is 2. The number of benzene rings is 2. The molecule has 0 saturated carbocycles. The highest BCUT2D eigenvalue weighted by Gasteiger charge is 2.18. The molecule has 0 atom stereocenters. The van der Waals surface area contributed by atoms with Crippen LogP contribution in [0.25, 0.3) is 0 Å². The number of nitrogens with zero attached hydrogens (tertiary/aromatic N) is 1. The third-order valence-corrected chi connectivity index (χ3v) is 4.30. The molecule has 3 rings (SSSR count). The molecule has 132 valence electrons. The van der Waals surface area contributed by atoms with E-state index in [-0.39, 0.29) is 24.8 Å². The zero-order chi connectivity index (χ0) is 18.4. The summed E-state index contributed by atoms with van der Waals surface area (Å²) in [6, 6.07) is 16.2. The number of rotatable bonds is 6. The zero-order valence-corrected chi connectivity index (χ0v) is 14.5. The van der Waals surface area contributed by atoms with Gasteiger partial charge in [-0.2, -0.15) is 0 Å². The van der Waals surface area contributed by atoms with Crippen LogP contribution < -0.4 is 15.5 Å². The van der Waals surface area contributed by atoms with Gasteiger partial charge in [-0.05, 0) is 35.7 Å². The summed E-state index contributed by atoms with van der Waals surface area (Å²) in [5.74, 6) is 1.55. The summed E-state index contributed by atoms with van der Waals surface area (Å²) in [6.07, 6.45) is 5.89. The maximum atomic E-state index is 11.9. The molecule has 1 aliphatic rings. The Bertz CT molecular complexity index is 837. The van der Waals surface area contributed by atoms with Crippen molar-refractivity contribution in [1.29, 1.82) is 0 Å². The van der Waals surface area contributed by atoms with Gasteiger partial charge < -0.3 is 15.5 Å². The molecule has 0 aromatic heterocycles. The van der Waals surface area contributed by atoms with Gasteiger partial charge in [0.2, 0.25) is 11.8 Å². The lowest BCUT2D eigenvalue weighted by Gasteiger charge is -2.19. The first-order valence-corrected chi connectivity index (χ1v) is 8.57. The normalized spacial score (nSPS) is 12.2. The van der Waals surface area contributed by atoms with Crippen LogP contribution in [-0.4, -0.2) is 24.9 Å². The molecular weight excluding hydrogens is 326 g/mol. The molecule has 2 amide bonds. The largest absolute Gasteiger partial charge is 0.367 e. The second-order valence-electron chi connectivity index (χ2n) is 6.20. The minimum atomic E-state index is -0.384. The van der Waals surface area contributed by atoms with Gasteiger partial charge in [-0.25, -0.2) is 0 Å². The number of para-hydroxylation sites is 1. The molecule has 2 aromatic carbocycles. The van der Waals surface area contributed by atoms with Gasteiger partial charge >= 0.3 is 0 Å². The van der Waals surface area contributed by atoms with E-state index >= 15 is 0 Å². The number of anilines is 2. The van der Waals surface area contributed by atoms with Gasteiger partial charge in [0.25, 0.3) is 0 Å². The molecule has 0 spiro atoms. The number of terminal acetylenes is 1. The SMILES string of the molecule is C#CCNC(=O)CC(=O)Nc1ccc(CN2CCc3ccccc32)cc1. The molecule has 5 nitrogen and oxygen atoms in total. The highest BCUT2D eigenvalue weighted by molar-refractivity contribution is 6.03. The number of amides is 2. The second-order valence-corrected chi connectivity index (χ2v) is 6.20. The summed E-state index contributed by atoms with van der Waals surface area (Å²) in [5.41, 5.74) is 4.53. The van der Waals surface area contributed by atoms with E-state index in [9.17, 15) is 9.59 Å². The summed E-state index contributed by atoms with van der Waals surface area (Å²) in [6.45, 7) is 1.98. The quantitative estimate of drug-likeness (QED) is 0.623. The predicted octanol–water partition coefficient (Wildman–Crippen LogP) is 2.33. The maximum absolute atomic E-state index is 11.9. The molecule has 1 aliphatic heterocycles. The Morgan fingerprint density at radius 3 is 2.62 bits per heavy atom. The molecule has 0 unspecified atom stereocenters. The van der Waals surface area contributed by atoms with Crippen LogP contribution >= 0.6 is 0 Å². The van der Waals surface area contributed by atoms with Crippen LogP contribution in [0.15, 0.2) is 48.5 Å². The first-order chi connectivity index (χ1) is 12.7. The standard InChI is InChI=1S/C21H21N3O2/c1-2-12-22-20(25)14-21(26)23-18-9-7-16(8-10-18)15-24-13-11-17-5-3-4-6-19(17)24/h1,3-10H,11-15H2,(H,22,25)(H,23,26). The van der Waals surface area contributed by atoms with Crippen molar-refractivity contribution in [1.82, 2.24) is 5.32 Å². The highest BCUT2D eigenvalue weighted by atomic mass is 16.2. The van der Waals surface area contributed by atoms with E-state index in [1.165, 1.54) is 16.8 Å². The Morgan fingerprint density at radius 2 is 1.85 bits per heavy atom. The Hall–Kier alpha value is -3.26. The van der Waals surface area contributed by atoms with Crippen molar-refractivity contribution < 1.29 is 9.59 Å². The van der Waals surface area contributed by atoms with Crippen LogP contribution in [0.5, 0.6) is 0 Å². The van der Waals surface area contributed by atoms with E-state index in [1.54, 1.807) is 0 Å². The van der Waals surface area contributed by atoms with Gasteiger partial charge in [-0.1, -0.05) is 36.3 Å². The average molecular weight is 347 g/mol. The van der Waals surface area contributed by atoms with Gasteiger partial charge in [0.15, 0.2) is 0 Å². The number of hydrogen-bond acceptors (Lipinski definition) is 3. The lowest BCUT2D eigenvalue weighted by Crippen LogP contribution is -2.28. The van der Waals surface area contributed by atoms with Gasteiger partial charge in [0, 0.05) is 24.5 Å². The van der Waals surface area contributed by atoms with Crippen LogP contribution in [0.4, 0.5) is 11.4 Å². The second kappa shape index (κ2) is 8.21. The predicted molar refractivity (Wildman–Crippen MR) is 103 cm³/mol. The molecule has 0 fully saturated rings. The van der Waals surface area contributed by atoms with Gasteiger partial charge in [-0.15, -0.1) is 6.42 Å². The van der Waals surface area contributed by atoms with Crippen LogP contribution in [-0.2, 0) is 22.6 Å². The molecular formula is C21H21N3O2. The van der Waals surface area contributed by atoms with E-state index in [0.29, 0.717) is 5.69 Å². The van der Waals surface area contributed by atoms with Gasteiger partial charge in [0.1, 0.15) is 6.42 Å². The molecule has 5 heteroatoms. The van der Waals surface area contributed by atoms with Crippen LogP contribution in [0.1, 0.15) is 17.5 Å². The molecule has 0 aliphatic carbocycles. The molecule has 2 aromatic rings. The van der Waals surface area contributed by atoms with Crippen molar-refractivity contribution in [3.05, 3.63) is 59.7 Å². The fourth-order valence-corrected chi connectivity index (χ4v) is 3.05. The van der Waals surface area contributed by atoms with Crippen molar-refractivity contribution in [3.63, 3.8) is 0 Å². The van der Waals surface area contributed by atoms with E-state index < -0.39 is 0 Å². The van der Waals surface area contributed by atoms with Crippen LogP contribution in [0.2, 0.25) is 0 Å². The summed E-state index contributed by atoms with van der Waals surface area (Å²) in [4.78, 5) is 25.7. The number of carbonyl (C=O) groups excluding carboxylic acids is 2. The Kier molecular flexibility index (Phi) is 5.55. The average Bonchev–Trinajstić information content (AvgIpc) is 3.04. The Morgan fingerprint density at radius 1 is 1.08 bits per heavy atom. The first kappa shape index (κ1) is 17.6. The van der Waals surface area contributed by atoms with E-state index in [4.69, 9.17) is 6.42 Å².